The lowest BCUT2D eigenvalue weighted by molar-refractivity contribution is -0.131. The molecule has 9 heteroatoms. The Morgan fingerprint density at radius 3 is 2.56 bits per heavy atom. The van der Waals surface area contributed by atoms with Crippen molar-refractivity contribution in [3.05, 3.63) is 93.9 Å². The van der Waals surface area contributed by atoms with E-state index in [1.807, 2.05) is 30.3 Å². The monoisotopic (exact) mass is 494 g/mol. The minimum Gasteiger partial charge on any atom is -0.496 e. The first-order valence-corrected chi connectivity index (χ1v) is 11.3. The van der Waals surface area contributed by atoms with Crippen LogP contribution in [0.25, 0.3) is 17.5 Å². The number of aromatic nitrogens is 2. The van der Waals surface area contributed by atoms with E-state index in [2.05, 4.69) is 10.2 Å². The highest BCUT2D eigenvalue weighted by Gasteiger charge is 2.18. The molecule has 0 spiro atoms. The van der Waals surface area contributed by atoms with Gasteiger partial charge >= 0.3 is 5.97 Å². The standard InChI is InChI=1S/C25H19ClN2O5S/c1-31-21-12-9-18(26)14-20(21)23-27-28-25(33-23)34-22(24(29)30)13-16-7-10-19(11-8-16)32-15-17-5-3-2-4-6-17/h2-14H,15H2,1H3,(H,29,30)/b22-13-. The van der Waals surface area contributed by atoms with Crippen LogP contribution in [0, 0.1) is 0 Å². The summed E-state index contributed by atoms with van der Waals surface area (Å²) in [6.45, 7) is 0.448. The zero-order chi connectivity index (χ0) is 23.9. The van der Waals surface area contributed by atoms with Crippen LogP contribution in [0.15, 0.2) is 87.3 Å². The Balaban J connectivity index is 1.47. The molecule has 4 rings (SSSR count). The lowest BCUT2D eigenvalue weighted by Crippen LogP contribution is -1.97. The average Bonchev–Trinajstić information content (AvgIpc) is 3.32. The molecule has 0 amide bonds. The Morgan fingerprint density at radius 1 is 1.09 bits per heavy atom. The molecule has 7 nitrogen and oxygen atoms in total. The van der Waals surface area contributed by atoms with Gasteiger partial charge in [0, 0.05) is 5.02 Å². The summed E-state index contributed by atoms with van der Waals surface area (Å²) < 4.78 is 16.7. The van der Waals surface area contributed by atoms with Gasteiger partial charge in [-0.1, -0.05) is 54.1 Å². The molecule has 0 aliphatic carbocycles. The van der Waals surface area contributed by atoms with E-state index in [0.29, 0.717) is 34.3 Å². The fourth-order valence-corrected chi connectivity index (χ4v) is 3.83. The third-order valence-corrected chi connectivity index (χ3v) is 5.72. The minimum atomic E-state index is -1.12. The molecule has 0 fully saturated rings. The van der Waals surface area contributed by atoms with Crippen LogP contribution in [0.4, 0.5) is 0 Å². The van der Waals surface area contributed by atoms with Crippen molar-refractivity contribution >= 4 is 35.4 Å². The fraction of sp³-hybridized carbons (Fsp3) is 0.0800. The summed E-state index contributed by atoms with van der Waals surface area (Å²) in [6.07, 6.45) is 1.53. The van der Waals surface area contributed by atoms with Crippen molar-refractivity contribution in [3.63, 3.8) is 0 Å². The third-order valence-electron chi connectivity index (χ3n) is 4.63. The third kappa shape index (κ3) is 5.98. The number of nitrogens with zero attached hydrogens (tertiary/aromatic N) is 2. The Labute approximate surface area is 205 Å². The van der Waals surface area contributed by atoms with Gasteiger partial charge < -0.3 is 19.0 Å². The van der Waals surface area contributed by atoms with Gasteiger partial charge in [0.2, 0.25) is 0 Å². The van der Waals surface area contributed by atoms with Crippen LogP contribution in [0.2, 0.25) is 5.02 Å². The van der Waals surface area contributed by atoms with Crippen molar-refractivity contribution in [1.29, 1.82) is 0 Å². The molecular weight excluding hydrogens is 476 g/mol. The summed E-state index contributed by atoms with van der Waals surface area (Å²) in [6, 6.07) is 22.0. The van der Waals surface area contributed by atoms with Gasteiger partial charge in [0.05, 0.1) is 12.7 Å². The molecule has 0 saturated carbocycles. The Hall–Kier alpha value is -3.75. The van der Waals surface area contributed by atoms with E-state index >= 15 is 0 Å². The van der Waals surface area contributed by atoms with E-state index in [0.717, 1.165) is 17.3 Å². The quantitative estimate of drug-likeness (QED) is 0.217. The number of hydrogen-bond acceptors (Lipinski definition) is 7. The zero-order valence-electron chi connectivity index (χ0n) is 18.0. The number of halogens is 1. The molecule has 3 aromatic carbocycles. The van der Waals surface area contributed by atoms with Gasteiger partial charge in [-0.2, -0.15) is 0 Å². The van der Waals surface area contributed by atoms with Gasteiger partial charge in [-0.3, -0.25) is 0 Å². The number of rotatable bonds is 9. The van der Waals surface area contributed by atoms with Gasteiger partial charge in [-0.25, -0.2) is 4.79 Å². The smallest absolute Gasteiger partial charge is 0.342 e. The van der Waals surface area contributed by atoms with E-state index in [4.69, 9.17) is 25.5 Å². The predicted octanol–water partition coefficient (Wildman–Crippen LogP) is 6.20. The van der Waals surface area contributed by atoms with Crippen molar-refractivity contribution in [3.8, 4) is 23.0 Å². The van der Waals surface area contributed by atoms with Gasteiger partial charge in [0.25, 0.3) is 11.1 Å². The first-order chi connectivity index (χ1) is 16.5. The van der Waals surface area contributed by atoms with Crippen LogP contribution < -0.4 is 9.47 Å². The molecule has 172 valence electrons. The summed E-state index contributed by atoms with van der Waals surface area (Å²) >= 11 is 6.92. The topological polar surface area (TPSA) is 94.7 Å². The molecule has 0 unspecified atom stereocenters. The molecule has 1 N–H and O–H groups in total. The molecule has 1 aromatic heterocycles. The maximum Gasteiger partial charge on any atom is 0.342 e. The number of thioether (sulfide) groups is 1. The number of benzene rings is 3. The summed E-state index contributed by atoms with van der Waals surface area (Å²) in [4.78, 5) is 11.8. The SMILES string of the molecule is COc1ccc(Cl)cc1-c1nnc(S/C(=C\c2ccc(OCc3ccccc3)cc2)C(=O)O)o1. The highest BCUT2D eigenvalue weighted by atomic mass is 35.5. The predicted molar refractivity (Wildman–Crippen MR) is 130 cm³/mol. The average molecular weight is 495 g/mol. The number of carboxylic acid groups (broad SMARTS) is 1. The Bertz CT molecular complexity index is 1310. The molecule has 1 heterocycles. The summed E-state index contributed by atoms with van der Waals surface area (Å²) in [5.41, 5.74) is 2.26. The number of carbonyl (C=O) groups is 1. The van der Waals surface area contributed by atoms with Crippen molar-refractivity contribution in [2.75, 3.05) is 7.11 Å². The maximum atomic E-state index is 11.8. The number of hydrogen-bond donors (Lipinski definition) is 1. The summed E-state index contributed by atoms with van der Waals surface area (Å²) in [5.74, 6) is 0.247. The van der Waals surface area contributed by atoms with E-state index < -0.39 is 5.97 Å². The molecule has 0 saturated heterocycles. The van der Waals surface area contributed by atoms with Crippen molar-refractivity contribution in [1.82, 2.24) is 10.2 Å². The molecule has 4 aromatic rings. The second kappa shape index (κ2) is 10.9. The Morgan fingerprint density at radius 2 is 1.85 bits per heavy atom. The first kappa shape index (κ1) is 23.4. The van der Waals surface area contributed by atoms with Crippen LogP contribution >= 0.6 is 23.4 Å². The highest BCUT2D eigenvalue weighted by Crippen LogP contribution is 2.35. The highest BCUT2D eigenvalue weighted by molar-refractivity contribution is 8.03. The number of ether oxygens (including phenoxy) is 2. The van der Waals surface area contributed by atoms with Crippen LogP contribution in [-0.4, -0.2) is 28.4 Å². The zero-order valence-corrected chi connectivity index (χ0v) is 19.5. The van der Waals surface area contributed by atoms with E-state index in [-0.39, 0.29) is 16.0 Å². The fourth-order valence-electron chi connectivity index (χ4n) is 2.99. The Kier molecular flexibility index (Phi) is 7.51. The number of carboxylic acids is 1. The lowest BCUT2D eigenvalue weighted by atomic mass is 10.2. The molecule has 0 aliphatic rings. The van der Waals surface area contributed by atoms with Gasteiger partial charge in [0.15, 0.2) is 0 Å². The molecule has 0 radical (unpaired) electrons. The van der Waals surface area contributed by atoms with E-state index in [1.165, 1.54) is 13.2 Å². The number of methoxy groups -OCH3 is 1. The normalized spacial score (nSPS) is 11.3. The van der Waals surface area contributed by atoms with Crippen LogP contribution in [0.3, 0.4) is 0 Å². The van der Waals surface area contributed by atoms with Crippen LogP contribution in [0.5, 0.6) is 11.5 Å². The molecule has 0 aliphatic heterocycles. The molecule has 34 heavy (non-hydrogen) atoms. The van der Waals surface area contributed by atoms with E-state index in [9.17, 15) is 9.90 Å². The van der Waals surface area contributed by atoms with Gasteiger partial charge in [0.1, 0.15) is 23.0 Å². The largest absolute Gasteiger partial charge is 0.496 e. The number of aliphatic carboxylic acids is 1. The van der Waals surface area contributed by atoms with E-state index in [1.54, 1.807) is 42.5 Å². The molecular formula is C25H19ClN2O5S. The van der Waals surface area contributed by atoms with Crippen LogP contribution in [-0.2, 0) is 11.4 Å². The second-order valence-corrected chi connectivity index (χ2v) is 8.41. The van der Waals surface area contributed by atoms with Crippen LogP contribution in [0.1, 0.15) is 11.1 Å². The summed E-state index contributed by atoms with van der Waals surface area (Å²) in [5, 5.41) is 18.2. The van der Waals surface area contributed by atoms with Crippen molar-refractivity contribution in [2.24, 2.45) is 0 Å². The first-order valence-electron chi connectivity index (χ1n) is 10.1. The van der Waals surface area contributed by atoms with Crippen molar-refractivity contribution in [2.45, 2.75) is 11.8 Å². The van der Waals surface area contributed by atoms with Gasteiger partial charge in [-0.05, 0) is 59.3 Å². The van der Waals surface area contributed by atoms with Gasteiger partial charge in [-0.15, -0.1) is 10.2 Å². The maximum absolute atomic E-state index is 11.8. The lowest BCUT2D eigenvalue weighted by Gasteiger charge is -2.06. The molecule has 0 atom stereocenters. The minimum absolute atomic E-state index is 0.0196. The van der Waals surface area contributed by atoms with Crippen molar-refractivity contribution < 1.29 is 23.8 Å². The molecule has 0 bridgehead atoms. The second-order valence-electron chi connectivity index (χ2n) is 6.98. The summed E-state index contributed by atoms with van der Waals surface area (Å²) in [7, 11) is 1.52.